The van der Waals surface area contributed by atoms with Crippen LogP contribution in [0.5, 0.6) is 0 Å². The Morgan fingerprint density at radius 2 is 1.89 bits per heavy atom. The molecule has 1 unspecified atom stereocenters. The van der Waals surface area contributed by atoms with Crippen molar-refractivity contribution in [2.75, 3.05) is 0 Å². The summed E-state index contributed by atoms with van der Waals surface area (Å²) in [6, 6.07) is 10.9. The van der Waals surface area contributed by atoms with Crippen molar-refractivity contribution in [1.82, 2.24) is 0 Å². The molecule has 0 saturated heterocycles. The summed E-state index contributed by atoms with van der Waals surface area (Å²) in [5.74, 6) is 0.532. The molecule has 0 N–H and O–H groups in total. The number of aryl methyl sites for hydroxylation is 1. The molecule has 3 heteroatoms. The molecule has 2 aromatic rings. The van der Waals surface area contributed by atoms with Crippen LogP contribution >= 0.6 is 38.9 Å². The van der Waals surface area contributed by atoms with Crippen molar-refractivity contribution in [2.45, 2.75) is 25.1 Å². The normalized spacial score (nSPS) is 16.8. The number of alkyl halides is 1. The van der Waals surface area contributed by atoms with E-state index in [0.29, 0.717) is 5.92 Å². The molecular weight excluding hydrogens is 328 g/mol. The van der Waals surface area contributed by atoms with E-state index in [-0.39, 0.29) is 5.38 Å². The number of hydrogen-bond donors (Lipinski definition) is 0. The molecule has 1 aromatic heterocycles. The van der Waals surface area contributed by atoms with Gasteiger partial charge in [0.15, 0.2) is 0 Å². The third kappa shape index (κ3) is 2.26. The van der Waals surface area contributed by atoms with Gasteiger partial charge in [0.05, 0.1) is 9.16 Å². The van der Waals surface area contributed by atoms with Gasteiger partial charge < -0.3 is 0 Å². The van der Waals surface area contributed by atoms with E-state index >= 15 is 0 Å². The molecule has 0 radical (unpaired) electrons. The Labute approximate surface area is 125 Å². The first-order valence-electron chi connectivity index (χ1n) is 6.12. The number of thiophene rings is 1. The maximum Gasteiger partial charge on any atom is 0.0704 e. The number of halogens is 2. The van der Waals surface area contributed by atoms with Crippen LogP contribution in [0.1, 0.15) is 26.9 Å². The molecule has 0 aliphatic heterocycles. The standard InChI is InChI=1S/C15H14BrClS/c1-9-13(8-14(16)18-9)15(17)12-6-10-4-2-3-5-11(10)7-12/h2-5,8,12,15H,6-7H2,1H3. The fourth-order valence-electron chi connectivity index (χ4n) is 2.79. The molecular formula is C15H14BrClS. The number of hydrogen-bond acceptors (Lipinski definition) is 1. The van der Waals surface area contributed by atoms with Crippen molar-refractivity contribution in [3.05, 3.63) is 55.7 Å². The molecule has 1 atom stereocenters. The zero-order chi connectivity index (χ0) is 12.7. The van der Waals surface area contributed by atoms with Crippen LogP contribution in [0.2, 0.25) is 0 Å². The Hall–Kier alpha value is -0.310. The van der Waals surface area contributed by atoms with Gasteiger partial charge in [-0.15, -0.1) is 22.9 Å². The van der Waals surface area contributed by atoms with Crippen molar-refractivity contribution < 1.29 is 0 Å². The lowest BCUT2D eigenvalue weighted by Crippen LogP contribution is -2.08. The summed E-state index contributed by atoms with van der Waals surface area (Å²) in [7, 11) is 0. The molecule has 0 spiro atoms. The molecule has 0 saturated carbocycles. The summed E-state index contributed by atoms with van der Waals surface area (Å²) < 4.78 is 1.18. The number of benzene rings is 1. The predicted molar refractivity (Wildman–Crippen MR) is 82.7 cm³/mol. The topological polar surface area (TPSA) is 0 Å². The van der Waals surface area contributed by atoms with E-state index < -0.39 is 0 Å². The Morgan fingerprint density at radius 1 is 1.28 bits per heavy atom. The molecule has 1 aliphatic carbocycles. The van der Waals surface area contributed by atoms with Gasteiger partial charge in [0.25, 0.3) is 0 Å². The van der Waals surface area contributed by atoms with E-state index in [1.54, 1.807) is 11.3 Å². The summed E-state index contributed by atoms with van der Waals surface area (Å²) in [4.78, 5) is 1.33. The lowest BCUT2D eigenvalue weighted by atomic mass is 9.96. The van der Waals surface area contributed by atoms with E-state index in [9.17, 15) is 0 Å². The Balaban J connectivity index is 1.84. The number of rotatable bonds is 2. The van der Waals surface area contributed by atoms with E-state index in [2.05, 4.69) is 53.2 Å². The Morgan fingerprint density at radius 3 is 2.39 bits per heavy atom. The van der Waals surface area contributed by atoms with Crippen molar-refractivity contribution in [1.29, 1.82) is 0 Å². The van der Waals surface area contributed by atoms with Gasteiger partial charge in [-0.1, -0.05) is 24.3 Å². The zero-order valence-electron chi connectivity index (χ0n) is 10.1. The van der Waals surface area contributed by atoms with Gasteiger partial charge in [0.2, 0.25) is 0 Å². The van der Waals surface area contributed by atoms with Crippen LogP contribution in [0, 0.1) is 12.8 Å². The first-order valence-corrected chi connectivity index (χ1v) is 8.16. The van der Waals surface area contributed by atoms with Crippen molar-refractivity contribution in [3.8, 4) is 0 Å². The molecule has 0 bridgehead atoms. The summed E-state index contributed by atoms with van der Waals surface area (Å²) in [6.45, 7) is 2.15. The van der Waals surface area contributed by atoms with Crippen molar-refractivity contribution in [3.63, 3.8) is 0 Å². The Bertz CT molecular complexity index is 551. The number of fused-ring (bicyclic) bond motifs is 1. The van der Waals surface area contributed by atoms with E-state index in [0.717, 1.165) is 12.8 Å². The SMILES string of the molecule is Cc1sc(Br)cc1C(Cl)C1Cc2ccccc2C1. The van der Waals surface area contributed by atoms with Crippen molar-refractivity contribution in [2.24, 2.45) is 5.92 Å². The second-order valence-electron chi connectivity index (χ2n) is 4.90. The average molecular weight is 342 g/mol. The molecule has 1 aliphatic rings. The molecule has 0 amide bonds. The van der Waals surface area contributed by atoms with Gasteiger partial charge in [-0.05, 0) is 64.4 Å². The second-order valence-corrected chi connectivity index (χ2v) is 8.01. The summed E-state index contributed by atoms with van der Waals surface area (Å²) in [5, 5.41) is 0.125. The van der Waals surface area contributed by atoms with E-state index in [4.69, 9.17) is 11.6 Å². The van der Waals surface area contributed by atoms with Gasteiger partial charge in [-0.2, -0.15) is 0 Å². The fraction of sp³-hybridized carbons (Fsp3) is 0.333. The van der Waals surface area contributed by atoms with E-state index in [1.807, 2.05) is 0 Å². The predicted octanol–water partition coefficient (Wildman–Crippen LogP) is 5.51. The van der Waals surface area contributed by atoms with Gasteiger partial charge in [-0.3, -0.25) is 0 Å². The van der Waals surface area contributed by atoms with Crippen LogP contribution in [0.25, 0.3) is 0 Å². The maximum absolute atomic E-state index is 6.71. The minimum atomic E-state index is 0.125. The highest BCUT2D eigenvalue weighted by molar-refractivity contribution is 9.11. The molecule has 94 valence electrons. The average Bonchev–Trinajstić information content (AvgIpc) is 2.91. The fourth-order valence-corrected chi connectivity index (χ4v) is 5.01. The summed E-state index contributed by atoms with van der Waals surface area (Å²) in [5.41, 5.74) is 4.24. The molecule has 0 fully saturated rings. The summed E-state index contributed by atoms with van der Waals surface area (Å²) >= 11 is 12.0. The van der Waals surface area contributed by atoms with Gasteiger partial charge in [-0.25, -0.2) is 0 Å². The van der Waals surface area contributed by atoms with Crippen LogP contribution in [-0.2, 0) is 12.8 Å². The second kappa shape index (κ2) is 4.99. The minimum absolute atomic E-state index is 0.125. The van der Waals surface area contributed by atoms with Crippen LogP contribution in [0.4, 0.5) is 0 Å². The highest BCUT2D eigenvalue weighted by Gasteiger charge is 2.29. The van der Waals surface area contributed by atoms with Crippen molar-refractivity contribution >= 4 is 38.9 Å². The first kappa shape index (κ1) is 12.7. The van der Waals surface area contributed by atoms with Crippen LogP contribution in [0.3, 0.4) is 0 Å². The molecule has 1 aromatic carbocycles. The van der Waals surface area contributed by atoms with Gasteiger partial charge >= 0.3 is 0 Å². The lowest BCUT2D eigenvalue weighted by molar-refractivity contribution is 0.540. The van der Waals surface area contributed by atoms with Crippen LogP contribution in [-0.4, -0.2) is 0 Å². The molecule has 3 rings (SSSR count). The summed E-state index contributed by atoms with van der Waals surface area (Å²) in [6.07, 6.45) is 2.22. The minimum Gasteiger partial charge on any atom is -0.133 e. The lowest BCUT2D eigenvalue weighted by Gasteiger charge is -2.16. The molecule has 1 heterocycles. The van der Waals surface area contributed by atoms with Gasteiger partial charge in [0, 0.05) is 4.88 Å². The monoisotopic (exact) mass is 340 g/mol. The first-order chi connectivity index (χ1) is 8.65. The quantitative estimate of drug-likeness (QED) is 0.631. The highest BCUT2D eigenvalue weighted by Crippen LogP contribution is 2.42. The molecule has 18 heavy (non-hydrogen) atoms. The highest BCUT2D eigenvalue weighted by atomic mass is 79.9. The zero-order valence-corrected chi connectivity index (χ0v) is 13.3. The third-order valence-electron chi connectivity index (χ3n) is 3.72. The largest absolute Gasteiger partial charge is 0.133 e. The smallest absolute Gasteiger partial charge is 0.0704 e. The third-order valence-corrected chi connectivity index (χ3v) is 5.88. The molecule has 0 nitrogen and oxygen atoms in total. The van der Waals surface area contributed by atoms with Crippen LogP contribution < -0.4 is 0 Å². The van der Waals surface area contributed by atoms with E-state index in [1.165, 1.54) is 25.4 Å². The Kier molecular flexibility index (Phi) is 3.52. The maximum atomic E-state index is 6.71. The van der Waals surface area contributed by atoms with Crippen LogP contribution in [0.15, 0.2) is 34.1 Å². The van der Waals surface area contributed by atoms with Gasteiger partial charge in [0.1, 0.15) is 0 Å².